The largest absolute Gasteiger partial charge is 0.491 e. The van der Waals surface area contributed by atoms with E-state index in [9.17, 15) is 4.79 Å². The summed E-state index contributed by atoms with van der Waals surface area (Å²) in [4.78, 5) is 12.1. The summed E-state index contributed by atoms with van der Waals surface area (Å²) in [7, 11) is 0. The van der Waals surface area contributed by atoms with Gasteiger partial charge in [0.1, 0.15) is 5.75 Å². The van der Waals surface area contributed by atoms with E-state index in [0.29, 0.717) is 11.4 Å². The summed E-state index contributed by atoms with van der Waals surface area (Å²) in [5.41, 5.74) is 2.51. The molecule has 22 heavy (non-hydrogen) atoms. The van der Waals surface area contributed by atoms with Crippen LogP contribution in [0.4, 0.5) is 16.2 Å². The number of rotatable bonds is 4. The maximum absolute atomic E-state index is 12.1. The third-order valence-corrected chi connectivity index (χ3v) is 3.23. The van der Waals surface area contributed by atoms with E-state index in [-0.39, 0.29) is 12.1 Å². The van der Waals surface area contributed by atoms with Crippen LogP contribution in [0.5, 0.6) is 5.75 Å². The Morgan fingerprint density at radius 1 is 1.09 bits per heavy atom. The van der Waals surface area contributed by atoms with Crippen LogP contribution in [0.1, 0.15) is 19.4 Å². The molecule has 2 amide bonds. The first-order chi connectivity index (χ1) is 10.4. The first-order valence-electron chi connectivity index (χ1n) is 7.04. The van der Waals surface area contributed by atoms with E-state index in [0.717, 1.165) is 15.7 Å². The molecule has 0 aliphatic heterocycles. The summed E-state index contributed by atoms with van der Waals surface area (Å²) in [5, 5.41) is 5.61. The molecule has 0 aliphatic rings. The molecule has 0 heterocycles. The fraction of sp³-hybridized carbons (Fsp3) is 0.235. The molecule has 116 valence electrons. The van der Waals surface area contributed by atoms with E-state index in [1.54, 1.807) is 6.07 Å². The number of anilines is 2. The van der Waals surface area contributed by atoms with Crippen LogP contribution in [0, 0.1) is 6.92 Å². The van der Waals surface area contributed by atoms with Crippen molar-refractivity contribution in [1.82, 2.24) is 0 Å². The number of nitrogens with one attached hydrogen (secondary N) is 2. The summed E-state index contributed by atoms with van der Waals surface area (Å²) in [5.74, 6) is 0.704. The van der Waals surface area contributed by atoms with Crippen molar-refractivity contribution in [3.05, 3.63) is 52.5 Å². The van der Waals surface area contributed by atoms with E-state index in [1.165, 1.54) is 0 Å². The molecule has 0 fully saturated rings. The van der Waals surface area contributed by atoms with Gasteiger partial charge in [0.2, 0.25) is 0 Å². The number of urea groups is 1. The van der Waals surface area contributed by atoms with Crippen LogP contribution >= 0.6 is 15.9 Å². The van der Waals surface area contributed by atoms with Crippen LogP contribution in [0.15, 0.2) is 46.9 Å². The highest BCUT2D eigenvalue weighted by molar-refractivity contribution is 9.10. The lowest BCUT2D eigenvalue weighted by molar-refractivity contribution is 0.242. The molecule has 0 unspecified atom stereocenters. The maximum atomic E-state index is 12.1. The molecule has 2 rings (SSSR count). The van der Waals surface area contributed by atoms with Crippen molar-refractivity contribution in [2.75, 3.05) is 10.6 Å². The molecule has 0 bridgehead atoms. The number of carbonyl (C=O) groups excluding carboxylic acids is 1. The van der Waals surface area contributed by atoms with E-state index in [4.69, 9.17) is 4.74 Å². The lowest BCUT2D eigenvalue weighted by Crippen LogP contribution is -2.19. The second kappa shape index (κ2) is 7.31. The third-order valence-electron chi connectivity index (χ3n) is 2.78. The SMILES string of the molecule is Cc1cccc(NC(=O)Nc2cc(Br)cc(OC(C)C)c2)c1. The quantitative estimate of drug-likeness (QED) is 0.786. The zero-order valence-electron chi connectivity index (χ0n) is 12.8. The number of aryl methyl sites for hydroxylation is 1. The molecule has 0 atom stereocenters. The van der Waals surface area contributed by atoms with Gasteiger partial charge >= 0.3 is 6.03 Å². The van der Waals surface area contributed by atoms with Crippen LogP contribution < -0.4 is 15.4 Å². The summed E-state index contributed by atoms with van der Waals surface area (Å²) in [6.45, 7) is 5.89. The number of hydrogen-bond acceptors (Lipinski definition) is 2. The van der Waals surface area contributed by atoms with Gasteiger partial charge in [0.15, 0.2) is 0 Å². The summed E-state index contributed by atoms with van der Waals surface area (Å²) >= 11 is 3.42. The average Bonchev–Trinajstić information content (AvgIpc) is 2.36. The van der Waals surface area contributed by atoms with Crippen molar-refractivity contribution in [3.8, 4) is 5.75 Å². The van der Waals surface area contributed by atoms with Gasteiger partial charge < -0.3 is 15.4 Å². The molecule has 4 nitrogen and oxygen atoms in total. The molecule has 2 aromatic rings. The number of hydrogen-bond donors (Lipinski definition) is 2. The molecule has 0 spiro atoms. The standard InChI is InChI=1S/C17H19BrN2O2/c1-11(2)22-16-9-13(18)8-15(10-16)20-17(21)19-14-6-4-5-12(3)7-14/h4-11H,1-3H3,(H2,19,20,21). The van der Waals surface area contributed by atoms with Gasteiger partial charge in [-0.3, -0.25) is 0 Å². The lowest BCUT2D eigenvalue weighted by atomic mass is 10.2. The monoisotopic (exact) mass is 362 g/mol. The van der Waals surface area contributed by atoms with Crippen molar-refractivity contribution in [2.45, 2.75) is 26.9 Å². The van der Waals surface area contributed by atoms with E-state index in [1.807, 2.05) is 57.2 Å². The Labute approximate surface area is 139 Å². The third kappa shape index (κ3) is 5.07. The molecule has 0 aromatic heterocycles. The van der Waals surface area contributed by atoms with Crippen molar-refractivity contribution < 1.29 is 9.53 Å². The highest BCUT2D eigenvalue weighted by Crippen LogP contribution is 2.25. The maximum Gasteiger partial charge on any atom is 0.323 e. The van der Waals surface area contributed by atoms with E-state index >= 15 is 0 Å². The Morgan fingerprint density at radius 2 is 1.82 bits per heavy atom. The Hall–Kier alpha value is -2.01. The highest BCUT2D eigenvalue weighted by Gasteiger charge is 2.06. The van der Waals surface area contributed by atoms with Crippen molar-refractivity contribution in [2.24, 2.45) is 0 Å². The van der Waals surface area contributed by atoms with Crippen LogP contribution in [0.3, 0.4) is 0 Å². The molecule has 0 saturated carbocycles. The van der Waals surface area contributed by atoms with Gasteiger partial charge in [-0.25, -0.2) is 4.79 Å². The normalized spacial score (nSPS) is 10.4. The topological polar surface area (TPSA) is 50.4 Å². The Morgan fingerprint density at radius 3 is 2.50 bits per heavy atom. The highest BCUT2D eigenvalue weighted by atomic mass is 79.9. The van der Waals surface area contributed by atoms with Crippen LogP contribution in [-0.2, 0) is 0 Å². The minimum Gasteiger partial charge on any atom is -0.491 e. The van der Waals surface area contributed by atoms with Gasteiger partial charge in [0.05, 0.1) is 6.10 Å². The molecule has 0 saturated heterocycles. The number of amides is 2. The second-order valence-corrected chi connectivity index (χ2v) is 6.21. The molecule has 5 heteroatoms. The summed E-state index contributed by atoms with van der Waals surface area (Å²) in [6, 6.07) is 12.8. The van der Waals surface area contributed by atoms with Crippen molar-refractivity contribution in [3.63, 3.8) is 0 Å². The van der Waals surface area contributed by atoms with Gasteiger partial charge in [0.25, 0.3) is 0 Å². The first-order valence-corrected chi connectivity index (χ1v) is 7.83. The molecular formula is C17H19BrN2O2. The Bertz CT molecular complexity index is 671. The van der Waals surface area contributed by atoms with Gasteiger partial charge in [-0.05, 0) is 50.6 Å². The van der Waals surface area contributed by atoms with E-state index in [2.05, 4.69) is 26.6 Å². The first kappa shape index (κ1) is 16.4. The van der Waals surface area contributed by atoms with Gasteiger partial charge in [0, 0.05) is 21.9 Å². The van der Waals surface area contributed by atoms with Crippen molar-refractivity contribution in [1.29, 1.82) is 0 Å². The minimum absolute atomic E-state index is 0.0725. The zero-order chi connectivity index (χ0) is 16.1. The molecule has 2 N–H and O–H groups in total. The van der Waals surface area contributed by atoms with Crippen LogP contribution in [-0.4, -0.2) is 12.1 Å². The fourth-order valence-electron chi connectivity index (χ4n) is 1.99. The molecule has 2 aromatic carbocycles. The average molecular weight is 363 g/mol. The minimum atomic E-state index is -0.292. The lowest BCUT2D eigenvalue weighted by Gasteiger charge is -2.13. The molecular weight excluding hydrogens is 344 g/mol. The van der Waals surface area contributed by atoms with Gasteiger partial charge in [-0.1, -0.05) is 28.1 Å². The zero-order valence-corrected chi connectivity index (χ0v) is 14.4. The number of carbonyl (C=O) groups is 1. The molecule has 0 aliphatic carbocycles. The number of benzene rings is 2. The van der Waals surface area contributed by atoms with E-state index < -0.39 is 0 Å². The number of halogens is 1. The van der Waals surface area contributed by atoms with Crippen LogP contribution in [0.25, 0.3) is 0 Å². The summed E-state index contributed by atoms with van der Waals surface area (Å²) < 4.78 is 6.49. The second-order valence-electron chi connectivity index (χ2n) is 5.29. The Kier molecular flexibility index (Phi) is 5.44. The van der Waals surface area contributed by atoms with Gasteiger partial charge in [-0.15, -0.1) is 0 Å². The fourth-order valence-corrected chi connectivity index (χ4v) is 2.46. The van der Waals surface area contributed by atoms with Crippen molar-refractivity contribution >= 4 is 33.3 Å². The predicted molar refractivity (Wildman–Crippen MR) is 93.7 cm³/mol. The molecule has 0 radical (unpaired) electrons. The predicted octanol–water partition coefficient (Wildman–Crippen LogP) is 5.19. The smallest absolute Gasteiger partial charge is 0.323 e. The Balaban J connectivity index is 2.06. The summed E-state index contributed by atoms with van der Waals surface area (Å²) in [6.07, 6.45) is 0.0725. The van der Waals surface area contributed by atoms with Crippen LogP contribution in [0.2, 0.25) is 0 Å². The van der Waals surface area contributed by atoms with Gasteiger partial charge in [-0.2, -0.15) is 0 Å². The number of ether oxygens (including phenoxy) is 1.